The van der Waals surface area contributed by atoms with Gasteiger partial charge in [-0.1, -0.05) is 12.1 Å². The summed E-state index contributed by atoms with van der Waals surface area (Å²) >= 11 is 0.892. The molecule has 0 spiro atoms. The van der Waals surface area contributed by atoms with Crippen LogP contribution in [0.25, 0.3) is 10.2 Å². The van der Waals surface area contributed by atoms with Crippen molar-refractivity contribution in [2.45, 2.75) is 13.3 Å². The number of aromatic amines is 1. The van der Waals surface area contributed by atoms with Crippen molar-refractivity contribution >= 4 is 33.5 Å². The summed E-state index contributed by atoms with van der Waals surface area (Å²) in [6.07, 6.45) is 0.302. The second-order valence-corrected chi connectivity index (χ2v) is 6.29. The highest BCUT2D eigenvalue weighted by Gasteiger charge is 2.14. The quantitative estimate of drug-likeness (QED) is 0.678. The van der Waals surface area contributed by atoms with Gasteiger partial charge in [-0.25, -0.2) is 14.6 Å². The van der Waals surface area contributed by atoms with E-state index in [0.29, 0.717) is 29.9 Å². The van der Waals surface area contributed by atoms with E-state index in [2.05, 4.69) is 9.97 Å². The van der Waals surface area contributed by atoms with Gasteiger partial charge < -0.3 is 14.8 Å². The van der Waals surface area contributed by atoms with Crippen LogP contribution in [0, 0.1) is 0 Å². The number of hydrogen-bond acceptors (Lipinski definition) is 6. The molecule has 25 heavy (non-hydrogen) atoms. The number of nitrogens with one attached hydrogen (secondary N) is 1. The Morgan fingerprint density at radius 3 is 2.84 bits per heavy atom. The van der Waals surface area contributed by atoms with Gasteiger partial charge in [0, 0.05) is 6.42 Å². The number of esters is 1. The fraction of sp³-hybridized carbons (Fsp3) is 0.176. The van der Waals surface area contributed by atoms with Gasteiger partial charge in [-0.2, -0.15) is 0 Å². The standard InChI is InChI=1S/C17H14N2O5S/c1-2-24-17(23)10-5-3-4-9(6-10)7-13-18-11-8-12(16(21)22)25-14(11)15(20)19-13/h3-6,8H,2,7H2,1H3,(H,21,22)(H,18,19,20). The van der Waals surface area contributed by atoms with Crippen molar-refractivity contribution in [3.05, 3.63) is 62.5 Å². The average Bonchev–Trinajstić information content (AvgIpc) is 3.00. The van der Waals surface area contributed by atoms with Crippen LogP contribution in [0.5, 0.6) is 0 Å². The van der Waals surface area contributed by atoms with Crippen molar-refractivity contribution in [2.24, 2.45) is 0 Å². The van der Waals surface area contributed by atoms with Gasteiger partial charge in [0.25, 0.3) is 5.56 Å². The maximum Gasteiger partial charge on any atom is 0.345 e. The van der Waals surface area contributed by atoms with Gasteiger partial charge in [0.2, 0.25) is 0 Å². The summed E-state index contributed by atoms with van der Waals surface area (Å²) in [7, 11) is 0. The summed E-state index contributed by atoms with van der Waals surface area (Å²) in [6.45, 7) is 2.02. The minimum atomic E-state index is -1.09. The number of carboxylic acid groups (broad SMARTS) is 1. The Morgan fingerprint density at radius 1 is 1.32 bits per heavy atom. The molecule has 7 nitrogen and oxygen atoms in total. The third kappa shape index (κ3) is 3.58. The fourth-order valence-electron chi connectivity index (χ4n) is 2.39. The van der Waals surface area contributed by atoms with Crippen LogP contribution >= 0.6 is 11.3 Å². The second kappa shape index (κ2) is 6.86. The predicted octanol–water partition coefficient (Wildman–Crippen LogP) is 2.45. The molecule has 2 N–H and O–H groups in total. The summed E-state index contributed by atoms with van der Waals surface area (Å²) < 4.78 is 5.25. The zero-order chi connectivity index (χ0) is 18.0. The van der Waals surface area contributed by atoms with E-state index in [4.69, 9.17) is 9.84 Å². The lowest BCUT2D eigenvalue weighted by molar-refractivity contribution is 0.0525. The van der Waals surface area contributed by atoms with Crippen LogP contribution in [0.15, 0.2) is 35.1 Å². The van der Waals surface area contributed by atoms with Gasteiger partial charge in [-0.3, -0.25) is 4.79 Å². The molecule has 0 amide bonds. The Bertz CT molecular complexity index is 1020. The van der Waals surface area contributed by atoms with Crippen molar-refractivity contribution < 1.29 is 19.4 Å². The normalized spacial score (nSPS) is 10.8. The van der Waals surface area contributed by atoms with Crippen molar-refractivity contribution in [3.63, 3.8) is 0 Å². The Morgan fingerprint density at radius 2 is 2.12 bits per heavy atom. The number of carbonyl (C=O) groups is 2. The topological polar surface area (TPSA) is 109 Å². The number of hydrogen-bond donors (Lipinski definition) is 2. The Labute approximate surface area is 145 Å². The zero-order valence-corrected chi connectivity index (χ0v) is 14.1. The molecule has 0 saturated heterocycles. The SMILES string of the molecule is CCOC(=O)c1cccc(Cc2nc3cc(C(=O)O)sc3c(=O)[nH]2)c1. The largest absolute Gasteiger partial charge is 0.477 e. The van der Waals surface area contributed by atoms with Crippen molar-refractivity contribution in [3.8, 4) is 0 Å². The van der Waals surface area contributed by atoms with Crippen LogP contribution < -0.4 is 5.56 Å². The van der Waals surface area contributed by atoms with E-state index in [1.807, 2.05) is 6.07 Å². The van der Waals surface area contributed by atoms with Crippen molar-refractivity contribution in [2.75, 3.05) is 6.61 Å². The molecule has 2 aromatic heterocycles. The number of thiophene rings is 1. The first-order chi connectivity index (χ1) is 12.0. The number of fused-ring (bicyclic) bond motifs is 1. The minimum absolute atomic E-state index is 0.0643. The maximum absolute atomic E-state index is 12.1. The van der Waals surface area contributed by atoms with E-state index in [1.54, 1.807) is 25.1 Å². The summed E-state index contributed by atoms with van der Waals surface area (Å²) in [6, 6.07) is 8.25. The molecule has 0 saturated carbocycles. The monoisotopic (exact) mass is 358 g/mol. The molecular weight excluding hydrogens is 344 g/mol. The van der Waals surface area contributed by atoms with Crippen LogP contribution in [-0.4, -0.2) is 33.6 Å². The van der Waals surface area contributed by atoms with E-state index >= 15 is 0 Å². The van der Waals surface area contributed by atoms with E-state index in [0.717, 1.165) is 16.9 Å². The van der Waals surface area contributed by atoms with Gasteiger partial charge >= 0.3 is 11.9 Å². The molecule has 128 valence electrons. The first-order valence-electron chi connectivity index (χ1n) is 7.50. The summed E-state index contributed by atoms with van der Waals surface area (Å²) in [5, 5.41) is 9.03. The summed E-state index contributed by atoms with van der Waals surface area (Å²) in [5.74, 6) is -1.11. The fourth-order valence-corrected chi connectivity index (χ4v) is 3.22. The van der Waals surface area contributed by atoms with Gasteiger partial charge in [0.1, 0.15) is 15.4 Å². The number of aromatic carboxylic acids is 1. The number of H-pyrrole nitrogens is 1. The molecule has 0 fully saturated rings. The lowest BCUT2D eigenvalue weighted by atomic mass is 10.1. The number of carboxylic acids is 1. The maximum atomic E-state index is 12.1. The molecule has 0 radical (unpaired) electrons. The average molecular weight is 358 g/mol. The van der Waals surface area contributed by atoms with Gasteiger partial charge in [-0.15, -0.1) is 11.3 Å². The number of benzene rings is 1. The number of carbonyl (C=O) groups excluding carboxylic acids is 1. The van der Waals surface area contributed by atoms with Crippen LogP contribution in [0.3, 0.4) is 0 Å². The molecule has 0 unspecified atom stereocenters. The van der Waals surface area contributed by atoms with E-state index in [1.165, 1.54) is 6.07 Å². The predicted molar refractivity (Wildman–Crippen MR) is 92.4 cm³/mol. The van der Waals surface area contributed by atoms with Gasteiger partial charge in [0.05, 0.1) is 17.7 Å². The zero-order valence-electron chi connectivity index (χ0n) is 13.2. The van der Waals surface area contributed by atoms with Gasteiger partial charge in [-0.05, 0) is 30.7 Å². The third-order valence-corrected chi connectivity index (χ3v) is 4.56. The summed E-state index contributed by atoms with van der Waals surface area (Å²) in [4.78, 5) is 42.0. The highest BCUT2D eigenvalue weighted by atomic mass is 32.1. The molecule has 0 aliphatic carbocycles. The molecule has 3 rings (SSSR count). The van der Waals surface area contributed by atoms with Gasteiger partial charge in [0.15, 0.2) is 0 Å². The molecule has 0 atom stereocenters. The second-order valence-electron chi connectivity index (χ2n) is 5.24. The Kier molecular flexibility index (Phi) is 4.62. The molecule has 3 aromatic rings. The highest BCUT2D eigenvalue weighted by Crippen LogP contribution is 2.21. The Balaban J connectivity index is 1.93. The van der Waals surface area contributed by atoms with E-state index < -0.39 is 11.9 Å². The first-order valence-corrected chi connectivity index (χ1v) is 8.31. The smallest absolute Gasteiger partial charge is 0.345 e. The number of nitrogens with zero attached hydrogens (tertiary/aromatic N) is 1. The van der Waals surface area contributed by atoms with Crippen molar-refractivity contribution in [1.82, 2.24) is 9.97 Å². The molecule has 0 aliphatic heterocycles. The third-order valence-electron chi connectivity index (χ3n) is 3.45. The van der Waals surface area contributed by atoms with Crippen LogP contribution in [0.1, 0.15) is 38.3 Å². The number of rotatable bonds is 5. The van der Waals surface area contributed by atoms with Crippen LogP contribution in [0.2, 0.25) is 0 Å². The molecule has 2 heterocycles. The van der Waals surface area contributed by atoms with E-state index in [9.17, 15) is 14.4 Å². The molecule has 0 bridgehead atoms. The molecular formula is C17H14N2O5S. The van der Waals surface area contributed by atoms with E-state index in [-0.39, 0.29) is 15.1 Å². The lowest BCUT2D eigenvalue weighted by Gasteiger charge is -2.05. The lowest BCUT2D eigenvalue weighted by Crippen LogP contribution is -2.11. The van der Waals surface area contributed by atoms with Crippen molar-refractivity contribution in [1.29, 1.82) is 0 Å². The first kappa shape index (κ1) is 16.8. The summed E-state index contributed by atoms with van der Waals surface area (Å²) in [5.41, 5.74) is 1.18. The molecule has 0 aliphatic rings. The minimum Gasteiger partial charge on any atom is -0.477 e. The number of aromatic nitrogens is 2. The molecule has 1 aromatic carbocycles. The molecule has 8 heteroatoms. The Hall–Kier alpha value is -3.00. The van der Waals surface area contributed by atoms with Crippen LogP contribution in [-0.2, 0) is 11.2 Å². The highest BCUT2D eigenvalue weighted by molar-refractivity contribution is 7.20. The van der Waals surface area contributed by atoms with Crippen LogP contribution in [0.4, 0.5) is 0 Å². The number of ether oxygens (including phenoxy) is 1.